The largest absolute Gasteiger partial charge is 0.479 e. The van der Waals surface area contributed by atoms with Gasteiger partial charge < -0.3 is 19.5 Å². The summed E-state index contributed by atoms with van der Waals surface area (Å²) in [4.78, 5) is 14.0. The number of aliphatic hydroxyl groups is 1. The van der Waals surface area contributed by atoms with Crippen molar-refractivity contribution in [1.29, 1.82) is 0 Å². The number of aliphatic hydroxyl groups excluding tert-OH is 1. The van der Waals surface area contributed by atoms with E-state index in [0.717, 1.165) is 0 Å². The summed E-state index contributed by atoms with van der Waals surface area (Å²) >= 11 is 0. The number of amides is 1. The van der Waals surface area contributed by atoms with Crippen LogP contribution in [0.15, 0.2) is 6.20 Å². The van der Waals surface area contributed by atoms with Crippen molar-refractivity contribution in [3.8, 4) is 5.88 Å². The van der Waals surface area contributed by atoms with Crippen molar-refractivity contribution in [1.82, 2.24) is 14.7 Å². The summed E-state index contributed by atoms with van der Waals surface area (Å²) in [5, 5.41) is 13.3. The molecule has 1 N–H and O–H groups in total. The second kappa shape index (κ2) is 5.36. The zero-order valence-electron chi connectivity index (χ0n) is 10.5. The Morgan fingerprint density at radius 3 is 3.17 bits per heavy atom. The first-order chi connectivity index (χ1) is 8.67. The molecule has 100 valence electrons. The first kappa shape index (κ1) is 12.8. The highest BCUT2D eigenvalue weighted by molar-refractivity contribution is 5.96. The second-order valence-corrected chi connectivity index (χ2v) is 4.14. The SMILES string of the molecule is COc1nn(C)cc1C(=O)N1CCOC[C@@H]1CO. The van der Waals surface area contributed by atoms with E-state index in [4.69, 9.17) is 9.47 Å². The highest BCUT2D eigenvalue weighted by Gasteiger charge is 2.30. The number of aryl methyl sites for hydroxylation is 1. The van der Waals surface area contributed by atoms with Crippen LogP contribution in [0.25, 0.3) is 0 Å². The highest BCUT2D eigenvalue weighted by atomic mass is 16.5. The molecule has 0 radical (unpaired) electrons. The minimum atomic E-state index is -0.309. The average molecular weight is 255 g/mol. The van der Waals surface area contributed by atoms with Crippen LogP contribution in [-0.4, -0.2) is 65.2 Å². The van der Waals surface area contributed by atoms with E-state index in [2.05, 4.69) is 5.10 Å². The number of rotatable bonds is 3. The van der Waals surface area contributed by atoms with Crippen molar-refractivity contribution in [3.63, 3.8) is 0 Å². The van der Waals surface area contributed by atoms with Crippen LogP contribution in [0.1, 0.15) is 10.4 Å². The molecular weight excluding hydrogens is 238 g/mol. The van der Waals surface area contributed by atoms with Crippen LogP contribution >= 0.6 is 0 Å². The quantitative estimate of drug-likeness (QED) is 0.770. The number of aromatic nitrogens is 2. The molecule has 1 amide bonds. The van der Waals surface area contributed by atoms with Gasteiger partial charge in [0.25, 0.3) is 5.91 Å². The predicted octanol–water partition coefficient (Wildman–Crippen LogP) is -0.738. The zero-order chi connectivity index (χ0) is 13.1. The lowest BCUT2D eigenvalue weighted by Gasteiger charge is -2.34. The summed E-state index contributed by atoms with van der Waals surface area (Å²) in [6.45, 7) is 1.17. The van der Waals surface area contributed by atoms with Gasteiger partial charge in [-0.1, -0.05) is 0 Å². The predicted molar refractivity (Wildman–Crippen MR) is 62.5 cm³/mol. The van der Waals surface area contributed by atoms with E-state index in [1.807, 2.05) is 0 Å². The van der Waals surface area contributed by atoms with E-state index >= 15 is 0 Å². The molecule has 1 fully saturated rings. The Morgan fingerprint density at radius 2 is 2.50 bits per heavy atom. The van der Waals surface area contributed by atoms with Crippen molar-refractivity contribution in [2.75, 3.05) is 33.5 Å². The van der Waals surface area contributed by atoms with Crippen molar-refractivity contribution < 1.29 is 19.4 Å². The Labute approximate surface area is 105 Å². The third-order valence-corrected chi connectivity index (χ3v) is 2.92. The van der Waals surface area contributed by atoms with Crippen molar-refractivity contribution in [2.45, 2.75) is 6.04 Å². The molecule has 0 spiro atoms. The topological polar surface area (TPSA) is 76.8 Å². The Balaban J connectivity index is 2.23. The van der Waals surface area contributed by atoms with E-state index in [0.29, 0.717) is 31.2 Å². The first-order valence-corrected chi connectivity index (χ1v) is 5.74. The summed E-state index contributed by atoms with van der Waals surface area (Å²) in [7, 11) is 3.20. The smallest absolute Gasteiger partial charge is 0.261 e. The van der Waals surface area contributed by atoms with Gasteiger partial charge in [0, 0.05) is 19.8 Å². The van der Waals surface area contributed by atoms with Crippen LogP contribution in [0.2, 0.25) is 0 Å². The summed E-state index contributed by atoms with van der Waals surface area (Å²) in [5.41, 5.74) is 0.403. The number of hydrogen-bond acceptors (Lipinski definition) is 5. The van der Waals surface area contributed by atoms with Gasteiger partial charge in [0.15, 0.2) is 0 Å². The van der Waals surface area contributed by atoms with Crippen LogP contribution in [0.5, 0.6) is 5.88 Å². The molecule has 1 aliphatic heterocycles. The molecule has 1 atom stereocenters. The van der Waals surface area contributed by atoms with Gasteiger partial charge in [-0.3, -0.25) is 9.48 Å². The first-order valence-electron chi connectivity index (χ1n) is 5.74. The van der Waals surface area contributed by atoms with Crippen molar-refractivity contribution in [3.05, 3.63) is 11.8 Å². The van der Waals surface area contributed by atoms with E-state index < -0.39 is 0 Å². The lowest BCUT2D eigenvalue weighted by Crippen LogP contribution is -2.50. The van der Waals surface area contributed by atoms with Crippen LogP contribution in [0.4, 0.5) is 0 Å². The number of carbonyl (C=O) groups is 1. The Bertz CT molecular complexity index is 432. The monoisotopic (exact) mass is 255 g/mol. The van der Waals surface area contributed by atoms with Gasteiger partial charge in [-0.25, -0.2) is 0 Å². The molecule has 18 heavy (non-hydrogen) atoms. The lowest BCUT2D eigenvalue weighted by molar-refractivity contribution is -0.0185. The van der Waals surface area contributed by atoms with Crippen molar-refractivity contribution >= 4 is 5.91 Å². The molecule has 7 nitrogen and oxygen atoms in total. The molecule has 0 aromatic carbocycles. The minimum Gasteiger partial charge on any atom is -0.479 e. The lowest BCUT2D eigenvalue weighted by atomic mass is 10.2. The molecule has 0 saturated carbocycles. The van der Waals surface area contributed by atoms with Crippen molar-refractivity contribution in [2.24, 2.45) is 7.05 Å². The number of hydrogen-bond donors (Lipinski definition) is 1. The maximum Gasteiger partial charge on any atom is 0.261 e. The van der Waals surface area contributed by atoms with E-state index in [-0.39, 0.29) is 18.6 Å². The fourth-order valence-electron chi connectivity index (χ4n) is 1.99. The molecular formula is C11H17N3O4. The number of nitrogens with zero attached hydrogens (tertiary/aromatic N) is 3. The molecule has 0 unspecified atom stereocenters. The zero-order valence-corrected chi connectivity index (χ0v) is 10.5. The Hall–Kier alpha value is -1.60. The highest BCUT2D eigenvalue weighted by Crippen LogP contribution is 2.19. The van der Waals surface area contributed by atoms with Gasteiger partial charge in [-0.2, -0.15) is 0 Å². The average Bonchev–Trinajstić information content (AvgIpc) is 2.79. The molecule has 1 aliphatic rings. The fraction of sp³-hybridized carbons (Fsp3) is 0.636. The Morgan fingerprint density at radius 1 is 1.72 bits per heavy atom. The fourth-order valence-corrected chi connectivity index (χ4v) is 1.99. The van der Waals surface area contributed by atoms with Crippen LogP contribution in [-0.2, 0) is 11.8 Å². The number of morpholine rings is 1. The van der Waals surface area contributed by atoms with Gasteiger partial charge in [-0.05, 0) is 0 Å². The standard InChI is InChI=1S/C11H17N3O4/c1-13-5-9(10(12-13)17-2)11(16)14-3-4-18-7-8(14)6-15/h5,8,15H,3-4,6-7H2,1-2H3/t8-/m0/s1. The van der Waals surface area contributed by atoms with E-state index in [1.165, 1.54) is 11.8 Å². The van der Waals surface area contributed by atoms with Gasteiger partial charge >= 0.3 is 0 Å². The minimum absolute atomic E-state index is 0.117. The van der Waals surface area contributed by atoms with Gasteiger partial charge in [0.2, 0.25) is 5.88 Å². The van der Waals surface area contributed by atoms with Crippen LogP contribution < -0.4 is 4.74 Å². The Kier molecular flexibility index (Phi) is 3.83. The van der Waals surface area contributed by atoms with E-state index in [9.17, 15) is 9.90 Å². The summed E-state index contributed by atoms with van der Waals surface area (Å²) in [5.74, 6) is 0.105. The van der Waals surface area contributed by atoms with Crippen LogP contribution in [0, 0.1) is 0 Å². The summed E-state index contributed by atoms with van der Waals surface area (Å²) < 4.78 is 11.8. The van der Waals surface area contributed by atoms with Gasteiger partial charge in [-0.15, -0.1) is 5.10 Å². The maximum absolute atomic E-state index is 12.4. The molecule has 1 aromatic heterocycles. The van der Waals surface area contributed by atoms with E-state index in [1.54, 1.807) is 18.1 Å². The third-order valence-electron chi connectivity index (χ3n) is 2.92. The maximum atomic E-state index is 12.4. The molecule has 2 rings (SSSR count). The number of methoxy groups -OCH3 is 1. The van der Waals surface area contributed by atoms with Gasteiger partial charge in [0.1, 0.15) is 5.56 Å². The number of carbonyl (C=O) groups excluding carboxylic acids is 1. The molecule has 1 aromatic rings. The molecule has 7 heteroatoms. The summed E-state index contributed by atoms with van der Waals surface area (Å²) in [6.07, 6.45) is 1.62. The number of ether oxygens (including phenoxy) is 2. The molecule has 0 aliphatic carbocycles. The third kappa shape index (κ3) is 2.32. The van der Waals surface area contributed by atoms with Gasteiger partial charge in [0.05, 0.1) is 33.0 Å². The molecule has 2 heterocycles. The second-order valence-electron chi connectivity index (χ2n) is 4.14. The van der Waals surface area contributed by atoms with Crippen LogP contribution in [0.3, 0.4) is 0 Å². The summed E-state index contributed by atoms with van der Waals surface area (Å²) in [6, 6.07) is -0.309. The molecule has 0 bridgehead atoms. The molecule has 1 saturated heterocycles. The normalized spacial score (nSPS) is 19.9.